The molecule has 5 rings (SSSR count). The minimum atomic E-state index is 0.840. The summed E-state index contributed by atoms with van der Waals surface area (Å²) in [6, 6.07) is 22.0. The first-order valence-corrected chi connectivity index (χ1v) is 9.49. The lowest BCUT2D eigenvalue weighted by atomic mass is 9.95. The van der Waals surface area contributed by atoms with E-state index in [1.54, 1.807) is 0 Å². The van der Waals surface area contributed by atoms with Crippen LogP contribution in [-0.2, 0) is 12.8 Å². The zero-order valence-corrected chi connectivity index (χ0v) is 14.8. The third kappa shape index (κ3) is 2.86. The summed E-state index contributed by atoms with van der Waals surface area (Å²) in [5.41, 5.74) is 7.69. The summed E-state index contributed by atoms with van der Waals surface area (Å²) in [7, 11) is 0. The second kappa shape index (κ2) is 6.53. The molecule has 26 heavy (non-hydrogen) atoms. The summed E-state index contributed by atoms with van der Waals surface area (Å²) in [5, 5.41) is 0. The number of hydrogen-bond donors (Lipinski definition) is 0. The van der Waals surface area contributed by atoms with E-state index in [0.29, 0.717) is 0 Å². The Morgan fingerprint density at radius 2 is 0.923 bits per heavy atom. The second-order valence-electron chi connectivity index (χ2n) is 7.13. The molecule has 0 radical (unpaired) electrons. The van der Waals surface area contributed by atoms with Gasteiger partial charge in [0.2, 0.25) is 0 Å². The standard InChI is InChI=1S/C24H22O2/c1-3-21-15-19(9-11-23(21)25-13-1)17-5-7-18(8-6-17)20-10-12-24-22(16-20)4-2-14-26-24/h5-12,15-16H,1-4,13-14H2. The van der Waals surface area contributed by atoms with Crippen molar-refractivity contribution in [3.05, 3.63) is 71.8 Å². The summed E-state index contributed by atoms with van der Waals surface area (Å²) in [5.74, 6) is 2.10. The van der Waals surface area contributed by atoms with Gasteiger partial charge in [0.15, 0.2) is 0 Å². The van der Waals surface area contributed by atoms with Crippen LogP contribution in [0.1, 0.15) is 24.0 Å². The van der Waals surface area contributed by atoms with Gasteiger partial charge in [-0.25, -0.2) is 0 Å². The van der Waals surface area contributed by atoms with Gasteiger partial charge in [-0.2, -0.15) is 0 Å². The average Bonchev–Trinajstić information content (AvgIpc) is 2.73. The Labute approximate surface area is 154 Å². The largest absolute Gasteiger partial charge is 0.493 e. The van der Waals surface area contributed by atoms with Gasteiger partial charge in [-0.05, 0) is 83.3 Å². The van der Waals surface area contributed by atoms with Crippen LogP contribution in [0.5, 0.6) is 11.5 Å². The molecule has 0 aliphatic carbocycles. The molecule has 0 aromatic heterocycles. The maximum absolute atomic E-state index is 5.73. The van der Waals surface area contributed by atoms with Crippen LogP contribution in [0.4, 0.5) is 0 Å². The maximum Gasteiger partial charge on any atom is 0.122 e. The monoisotopic (exact) mass is 342 g/mol. The van der Waals surface area contributed by atoms with Crippen LogP contribution in [0.15, 0.2) is 60.7 Å². The third-order valence-corrected chi connectivity index (χ3v) is 5.37. The average molecular weight is 342 g/mol. The summed E-state index contributed by atoms with van der Waals surface area (Å²) in [6.45, 7) is 1.68. The SMILES string of the molecule is c1cc(-c2ccc3c(c2)CCCO3)ccc1-c1ccc2c(c1)CCCO2. The Balaban J connectivity index is 1.44. The third-order valence-electron chi connectivity index (χ3n) is 5.37. The zero-order valence-electron chi connectivity index (χ0n) is 14.8. The van der Waals surface area contributed by atoms with Crippen LogP contribution in [0.25, 0.3) is 22.3 Å². The van der Waals surface area contributed by atoms with Crippen molar-refractivity contribution in [3.63, 3.8) is 0 Å². The van der Waals surface area contributed by atoms with E-state index < -0.39 is 0 Å². The lowest BCUT2D eigenvalue weighted by molar-refractivity contribution is 0.288. The smallest absolute Gasteiger partial charge is 0.122 e. The Bertz CT molecular complexity index is 862. The molecule has 0 amide bonds. The van der Waals surface area contributed by atoms with Crippen molar-refractivity contribution >= 4 is 0 Å². The molecule has 130 valence electrons. The van der Waals surface area contributed by atoms with Gasteiger partial charge in [-0.15, -0.1) is 0 Å². The number of aryl methyl sites for hydroxylation is 2. The van der Waals surface area contributed by atoms with Crippen LogP contribution in [-0.4, -0.2) is 13.2 Å². The topological polar surface area (TPSA) is 18.5 Å². The van der Waals surface area contributed by atoms with Crippen molar-refractivity contribution < 1.29 is 9.47 Å². The van der Waals surface area contributed by atoms with E-state index in [1.807, 2.05) is 0 Å². The lowest BCUT2D eigenvalue weighted by Crippen LogP contribution is -2.08. The summed E-state index contributed by atoms with van der Waals surface area (Å²) >= 11 is 0. The van der Waals surface area contributed by atoms with Crippen LogP contribution < -0.4 is 9.47 Å². The molecule has 3 aromatic rings. The first-order valence-electron chi connectivity index (χ1n) is 9.49. The highest BCUT2D eigenvalue weighted by Crippen LogP contribution is 2.33. The molecule has 0 fully saturated rings. The van der Waals surface area contributed by atoms with Crippen molar-refractivity contribution in [2.45, 2.75) is 25.7 Å². The summed E-state index contributed by atoms with van der Waals surface area (Å²) in [6.07, 6.45) is 4.44. The van der Waals surface area contributed by atoms with Gasteiger partial charge in [0.05, 0.1) is 13.2 Å². The molecule has 2 heterocycles. The molecule has 2 heteroatoms. The number of ether oxygens (including phenoxy) is 2. The highest BCUT2D eigenvalue weighted by Gasteiger charge is 2.13. The molecule has 0 bridgehead atoms. The molecule has 0 atom stereocenters. The molecule has 0 spiro atoms. The van der Waals surface area contributed by atoms with Crippen molar-refractivity contribution in [3.8, 4) is 33.8 Å². The van der Waals surface area contributed by atoms with Crippen molar-refractivity contribution in [1.82, 2.24) is 0 Å². The molecule has 0 unspecified atom stereocenters. The molecule has 3 aromatic carbocycles. The van der Waals surface area contributed by atoms with Crippen molar-refractivity contribution in [2.75, 3.05) is 13.2 Å². The van der Waals surface area contributed by atoms with Gasteiger partial charge in [0, 0.05) is 0 Å². The Morgan fingerprint density at radius 3 is 1.38 bits per heavy atom. The van der Waals surface area contributed by atoms with Crippen molar-refractivity contribution in [2.24, 2.45) is 0 Å². The minimum absolute atomic E-state index is 0.840. The molecule has 0 saturated carbocycles. The van der Waals surface area contributed by atoms with Crippen LogP contribution in [0, 0.1) is 0 Å². The lowest BCUT2D eigenvalue weighted by Gasteiger charge is -2.18. The van der Waals surface area contributed by atoms with Crippen molar-refractivity contribution in [1.29, 1.82) is 0 Å². The first kappa shape index (κ1) is 15.5. The fraction of sp³-hybridized carbons (Fsp3) is 0.250. The fourth-order valence-corrected chi connectivity index (χ4v) is 3.94. The number of fused-ring (bicyclic) bond motifs is 2. The van der Waals surface area contributed by atoms with Crippen LogP contribution in [0.3, 0.4) is 0 Å². The molecule has 0 saturated heterocycles. The second-order valence-corrected chi connectivity index (χ2v) is 7.13. The number of benzene rings is 3. The van der Waals surface area contributed by atoms with Gasteiger partial charge >= 0.3 is 0 Å². The van der Waals surface area contributed by atoms with E-state index in [2.05, 4.69) is 60.7 Å². The van der Waals surface area contributed by atoms with E-state index in [1.165, 1.54) is 33.4 Å². The molecular weight excluding hydrogens is 320 g/mol. The van der Waals surface area contributed by atoms with Gasteiger partial charge in [-0.3, -0.25) is 0 Å². The van der Waals surface area contributed by atoms with E-state index in [-0.39, 0.29) is 0 Å². The van der Waals surface area contributed by atoms with Gasteiger partial charge in [-0.1, -0.05) is 36.4 Å². The quantitative estimate of drug-likeness (QED) is 0.597. The highest BCUT2D eigenvalue weighted by molar-refractivity contribution is 5.72. The van der Waals surface area contributed by atoms with E-state index in [0.717, 1.165) is 50.4 Å². The van der Waals surface area contributed by atoms with Crippen LogP contribution >= 0.6 is 0 Å². The Morgan fingerprint density at radius 1 is 0.500 bits per heavy atom. The summed E-state index contributed by atoms with van der Waals surface area (Å²) < 4.78 is 11.5. The van der Waals surface area contributed by atoms with Gasteiger partial charge in [0.25, 0.3) is 0 Å². The molecule has 2 nitrogen and oxygen atoms in total. The van der Waals surface area contributed by atoms with Crippen LogP contribution in [0.2, 0.25) is 0 Å². The van der Waals surface area contributed by atoms with E-state index in [9.17, 15) is 0 Å². The fourth-order valence-electron chi connectivity index (χ4n) is 3.94. The van der Waals surface area contributed by atoms with Gasteiger partial charge < -0.3 is 9.47 Å². The molecule has 2 aliphatic heterocycles. The Hall–Kier alpha value is -2.74. The molecule has 0 N–H and O–H groups in total. The zero-order chi connectivity index (χ0) is 17.3. The highest BCUT2D eigenvalue weighted by atomic mass is 16.5. The predicted octanol–water partition coefficient (Wildman–Crippen LogP) is 5.67. The Kier molecular flexibility index (Phi) is 3.89. The summed E-state index contributed by atoms with van der Waals surface area (Å²) in [4.78, 5) is 0. The normalized spacial score (nSPS) is 15.4. The molecular formula is C24H22O2. The first-order chi connectivity index (χ1) is 12.9. The van der Waals surface area contributed by atoms with E-state index >= 15 is 0 Å². The number of hydrogen-bond acceptors (Lipinski definition) is 2. The van der Waals surface area contributed by atoms with Gasteiger partial charge in [0.1, 0.15) is 11.5 Å². The minimum Gasteiger partial charge on any atom is -0.493 e. The number of rotatable bonds is 2. The van der Waals surface area contributed by atoms with E-state index in [4.69, 9.17) is 9.47 Å². The molecule has 2 aliphatic rings. The maximum atomic E-state index is 5.73. The predicted molar refractivity (Wildman–Crippen MR) is 105 cm³/mol.